The summed E-state index contributed by atoms with van der Waals surface area (Å²) in [7, 11) is 3.11. The van der Waals surface area contributed by atoms with Gasteiger partial charge in [-0.25, -0.2) is 9.20 Å². The quantitative estimate of drug-likeness (QED) is 0.437. The molecule has 0 aliphatic heterocycles. The summed E-state index contributed by atoms with van der Waals surface area (Å²) in [6.07, 6.45) is 0. The van der Waals surface area contributed by atoms with Crippen molar-refractivity contribution in [3.63, 3.8) is 0 Å². The van der Waals surface area contributed by atoms with Crippen molar-refractivity contribution in [1.29, 1.82) is 0 Å². The summed E-state index contributed by atoms with van der Waals surface area (Å²) in [5.74, 6) is 1.02. The van der Waals surface area contributed by atoms with Gasteiger partial charge < -0.3 is 0 Å². The monoisotopic (exact) mass is 434 g/mol. The number of imidazole rings is 1. The van der Waals surface area contributed by atoms with Crippen LogP contribution in [0.3, 0.4) is 0 Å². The van der Waals surface area contributed by atoms with Gasteiger partial charge in [-0.1, -0.05) is 59.6 Å². The van der Waals surface area contributed by atoms with Crippen molar-refractivity contribution in [2.24, 2.45) is 14.1 Å². The summed E-state index contributed by atoms with van der Waals surface area (Å²) in [5.41, 5.74) is 2.77. The number of aromatic nitrogens is 6. The Labute approximate surface area is 181 Å². The van der Waals surface area contributed by atoms with E-state index in [1.807, 2.05) is 49.4 Å². The van der Waals surface area contributed by atoms with Gasteiger partial charge in [-0.15, -0.1) is 10.2 Å². The van der Waals surface area contributed by atoms with Crippen LogP contribution in [-0.4, -0.2) is 28.3 Å². The molecule has 0 N–H and O–H groups in total. The maximum absolute atomic E-state index is 13.2. The second-order valence-electron chi connectivity index (χ2n) is 7.58. The Morgan fingerprint density at radius 1 is 0.935 bits per heavy atom. The van der Waals surface area contributed by atoms with Crippen LogP contribution in [0.15, 0.2) is 58.1 Å². The number of aryl methyl sites for hydroxylation is 2. The van der Waals surface area contributed by atoms with Crippen LogP contribution in [0.25, 0.3) is 28.3 Å². The van der Waals surface area contributed by atoms with Crippen LogP contribution >= 0.6 is 11.6 Å². The SMILES string of the molecule is Cc1ccc(-c2nnc3n(Cc4ccccc4Cl)c4c(=O)n(C)c(=O)n(C)c4n23)cc1. The number of fused-ring (bicyclic) bond motifs is 3. The first-order valence-electron chi connectivity index (χ1n) is 9.72. The average molecular weight is 435 g/mol. The van der Waals surface area contributed by atoms with E-state index in [-0.39, 0.29) is 0 Å². The summed E-state index contributed by atoms with van der Waals surface area (Å²) >= 11 is 6.39. The van der Waals surface area contributed by atoms with E-state index in [9.17, 15) is 9.59 Å². The third-order valence-electron chi connectivity index (χ3n) is 5.58. The minimum absolute atomic E-state index is 0.312. The molecule has 0 saturated carbocycles. The molecule has 0 spiro atoms. The van der Waals surface area contributed by atoms with Crippen molar-refractivity contribution in [2.75, 3.05) is 0 Å². The molecule has 5 rings (SSSR count). The fraction of sp³-hybridized carbons (Fsp3) is 0.182. The Bertz CT molecular complexity index is 1590. The van der Waals surface area contributed by atoms with E-state index >= 15 is 0 Å². The van der Waals surface area contributed by atoms with E-state index in [4.69, 9.17) is 11.6 Å². The molecule has 0 aliphatic carbocycles. The Morgan fingerprint density at radius 3 is 2.35 bits per heavy atom. The lowest BCUT2D eigenvalue weighted by Gasteiger charge is -2.08. The molecule has 0 fully saturated rings. The zero-order chi connectivity index (χ0) is 21.9. The Morgan fingerprint density at radius 2 is 1.65 bits per heavy atom. The van der Waals surface area contributed by atoms with Gasteiger partial charge in [0, 0.05) is 24.7 Å². The van der Waals surface area contributed by atoms with Crippen molar-refractivity contribution in [3.8, 4) is 11.4 Å². The maximum atomic E-state index is 13.2. The van der Waals surface area contributed by atoms with Gasteiger partial charge in [-0.2, -0.15) is 0 Å². The largest absolute Gasteiger partial charge is 0.332 e. The Kier molecular flexibility index (Phi) is 4.33. The molecule has 3 heterocycles. The van der Waals surface area contributed by atoms with Gasteiger partial charge in [-0.3, -0.25) is 18.5 Å². The molecule has 0 bridgehead atoms. The lowest BCUT2D eigenvalue weighted by Crippen LogP contribution is -2.37. The minimum atomic E-state index is -0.419. The van der Waals surface area contributed by atoms with E-state index in [0.29, 0.717) is 34.3 Å². The van der Waals surface area contributed by atoms with Crippen LogP contribution in [0.5, 0.6) is 0 Å². The predicted molar refractivity (Wildman–Crippen MR) is 120 cm³/mol. The maximum Gasteiger partial charge on any atom is 0.332 e. The van der Waals surface area contributed by atoms with Crippen molar-refractivity contribution in [2.45, 2.75) is 13.5 Å². The molecule has 0 unspecified atom stereocenters. The first kappa shape index (κ1) is 19.3. The van der Waals surface area contributed by atoms with Gasteiger partial charge in [0.1, 0.15) is 0 Å². The van der Waals surface area contributed by atoms with E-state index in [1.54, 1.807) is 22.1 Å². The van der Waals surface area contributed by atoms with E-state index < -0.39 is 11.2 Å². The van der Waals surface area contributed by atoms with Crippen LogP contribution in [0.2, 0.25) is 5.02 Å². The molecule has 9 heteroatoms. The Balaban J connectivity index is 1.92. The highest BCUT2D eigenvalue weighted by atomic mass is 35.5. The molecular formula is C22H19ClN6O2. The molecule has 3 aromatic heterocycles. The molecule has 5 aromatic rings. The van der Waals surface area contributed by atoms with Crippen LogP contribution in [0.1, 0.15) is 11.1 Å². The minimum Gasteiger partial charge on any atom is -0.298 e. The van der Waals surface area contributed by atoms with Gasteiger partial charge in [0.05, 0.1) is 6.54 Å². The number of hydrogen-bond donors (Lipinski definition) is 0. The molecule has 0 atom stereocenters. The standard InChI is InChI=1S/C22H19ClN6O2/c1-13-8-10-14(11-9-13)18-24-25-21-28(12-15-6-4-5-7-16(15)23)17-19(29(18)21)26(2)22(31)27(3)20(17)30/h4-11H,12H2,1-3H3. The van der Waals surface area contributed by atoms with Crippen molar-refractivity contribution >= 4 is 28.5 Å². The Hall–Kier alpha value is -3.65. The third kappa shape index (κ3) is 2.83. The van der Waals surface area contributed by atoms with Gasteiger partial charge in [0.15, 0.2) is 17.0 Å². The van der Waals surface area contributed by atoms with Crippen molar-refractivity contribution in [1.82, 2.24) is 28.3 Å². The topological polar surface area (TPSA) is 79.1 Å². The third-order valence-corrected chi connectivity index (χ3v) is 5.94. The van der Waals surface area contributed by atoms with Gasteiger partial charge in [0.2, 0.25) is 5.78 Å². The number of rotatable bonds is 3. The summed E-state index contributed by atoms with van der Waals surface area (Å²) in [6, 6.07) is 15.3. The molecule has 8 nitrogen and oxygen atoms in total. The van der Waals surface area contributed by atoms with E-state index in [2.05, 4.69) is 10.2 Å². The summed E-state index contributed by atoms with van der Waals surface area (Å²) in [6.45, 7) is 2.32. The highest BCUT2D eigenvalue weighted by Crippen LogP contribution is 2.26. The fourth-order valence-corrected chi connectivity index (χ4v) is 4.09. The predicted octanol–water partition coefficient (Wildman–Crippen LogP) is 2.76. The highest BCUT2D eigenvalue weighted by Gasteiger charge is 2.24. The van der Waals surface area contributed by atoms with E-state index in [0.717, 1.165) is 21.3 Å². The number of benzene rings is 2. The summed E-state index contributed by atoms with van der Waals surface area (Å²) in [4.78, 5) is 25.9. The highest BCUT2D eigenvalue weighted by molar-refractivity contribution is 6.31. The average Bonchev–Trinajstić information content (AvgIpc) is 3.32. The lowest BCUT2D eigenvalue weighted by molar-refractivity contribution is 0.700. The van der Waals surface area contributed by atoms with Gasteiger partial charge in [0.25, 0.3) is 5.56 Å². The molecule has 0 amide bonds. The smallest absolute Gasteiger partial charge is 0.298 e. The van der Waals surface area contributed by atoms with Gasteiger partial charge >= 0.3 is 5.69 Å². The van der Waals surface area contributed by atoms with Crippen LogP contribution in [0.4, 0.5) is 0 Å². The summed E-state index contributed by atoms with van der Waals surface area (Å²) in [5, 5.41) is 9.36. The normalized spacial score (nSPS) is 11.6. The zero-order valence-corrected chi connectivity index (χ0v) is 18.0. The van der Waals surface area contributed by atoms with Crippen molar-refractivity contribution in [3.05, 3.63) is 85.5 Å². The molecule has 156 valence electrons. The molecule has 0 saturated heterocycles. The number of hydrogen-bond acceptors (Lipinski definition) is 4. The molecule has 31 heavy (non-hydrogen) atoms. The van der Waals surface area contributed by atoms with Crippen molar-refractivity contribution < 1.29 is 0 Å². The fourth-order valence-electron chi connectivity index (χ4n) is 3.89. The van der Waals surface area contributed by atoms with Gasteiger partial charge in [-0.05, 0) is 18.6 Å². The second kappa shape index (κ2) is 6.95. The first-order valence-corrected chi connectivity index (χ1v) is 10.1. The van der Waals surface area contributed by atoms with Crippen LogP contribution in [0, 0.1) is 6.92 Å². The number of nitrogens with zero attached hydrogens (tertiary/aromatic N) is 6. The first-order chi connectivity index (χ1) is 14.9. The van der Waals surface area contributed by atoms with Crippen LogP contribution < -0.4 is 11.2 Å². The van der Waals surface area contributed by atoms with Crippen LogP contribution in [-0.2, 0) is 20.6 Å². The molecule has 0 radical (unpaired) electrons. The zero-order valence-electron chi connectivity index (χ0n) is 17.2. The molecule has 0 aliphatic rings. The lowest BCUT2D eigenvalue weighted by atomic mass is 10.1. The second-order valence-corrected chi connectivity index (χ2v) is 7.99. The number of halogens is 1. The molecular weight excluding hydrogens is 416 g/mol. The summed E-state index contributed by atoms with van der Waals surface area (Å²) < 4.78 is 6.08. The van der Waals surface area contributed by atoms with E-state index in [1.165, 1.54) is 11.6 Å². The molecule has 2 aromatic carbocycles.